The van der Waals surface area contributed by atoms with Crippen LogP contribution in [0.4, 0.5) is 5.69 Å². The molecule has 5 aromatic rings. The Morgan fingerprint density at radius 1 is 1.00 bits per heavy atom. The van der Waals surface area contributed by atoms with Crippen LogP contribution in [0.3, 0.4) is 0 Å². The monoisotopic (exact) mass is 450 g/mol. The molecule has 5 rings (SSSR count). The van der Waals surface area contributed by atoms with E-state index in [1.165, 1.54) is 0 Å². The minimum Gasteiger partial charge on any atom is -0.497 e. The summed E-state index contributed by atoms with van der Waals surface area (Å²) in [5.74, 6) is 0.0542. The molecule has 0 bridgehead atoms. The summed E-state index contributed by atoms with van der Waals surface area (Å²) >= 11 is 0. The molecule has 34 heavy (non-hydrogen) atoms. The van der Waals surface area contributed by atoms with Crippen LogP contribution in [0.25, 0.3) is 33.1 Å². The molecule has 0 aliphatic carbocycles. The van der Waals surface area contributed by atoms with Crippen molar-refractivity contribution in [3.63, 3.8) is 0 Å². The van der Waals surface area contributed by atoms with Crippen molar-refractivity contribution >= 4 is 33.4 Å². The number of aromatic nitrogens is 2. The highest BCUT2D eigenvalue weighted by Crippen LogP contribution is 2.40. The van der Waals surface area contributed by atoms with Crippen LogP contribution in [0, 0.1) is 0 Å². The number of para-hydroxylation sites is 1. The summed E-state index contributed by atoms with van der Waals surface area (Å²) in [5, 5.41) is 20.3. The van der Waals surface area contributed by atoms with Crippen molar-refractivity contribution in [2.24, 2.45) is 10.2 Å². The highest BCUT2D eigenvalue weighted by Gasteiger charge is 2.18. The van der Waals surface area contributed by atoms with Gasteiger partial charge in [-0.2, -0.15) is 0 Å². The minimum atomic E-state index is -0.518. The molecule has 0 saturated carbocycles. The average Bonchev–Trinajstić information content (AvgIpc) is 3.16. The quantitative estimate of drug-likeness (QED) is 0.309. The van der Waals surface area contributed by atoms with Gasteiger partial charge in [-0.1, -0.05) is 48.5 Å². The highest BCUT2D eigenvalue weighted by atomic mass is 16.5. The summed E-state index contributed by atoms with van der Waals surface area (Å²) in [6.07, 6.45) is 0. The third-order valence-corrected chi connectivity index (χ3v) is 5.79. The number of benzene rings is 3. The highest BCUT2D eigenvalue weighted by molar-refractivity contribution is 6.07. The molecule has 7 heteroatoms. The fraction of sp³-hybridized carbons (Fsp3) is 0.111. The average molecular weight is 450 g/mol. The number of aromatic hydroxyl groups is 1. The van der Waals surface area contributed by atoms with Crippen molar-refractivity contribution in [1.82, 2.24) is 9.55 Å². The van der Waals surface area contributed by atoms with E-state index in [0.29, 0.717) is 39.8 Å². The molecular formula is C27H22N4O3. The molecule has 0 radical (unpaired) electrons. The summed E-state index contributed by atoms with van der Waals surface area (Å²) in [5.41, 5.74) is 3.67. The number of carbonyl (C=O) groups excluding carboxylic acids is 1. The van der Waals surface area contributed by atoms with Crippen LogP contribution in [0.5, 0.6) is 11.6 Å². The molecule has 1 amide bonds. The van der Waals surface area contributed by atoms with Gasteiger partial charge in [0.15, 0.2) is 5.69 Å². The Labute approximate surface area is 196 Å². The molecule has 2 aromatic heterocycles. The molecule has 0 saturated heterocycles. The Hall–Kier alpha value is -4.52. The smallest absolute Gasteiger partial charge is 0.296 e. The van der Waals surface area contributed by atoms with Gasteiger partial charge < -0.3 is 14.4 Å². The van der Waals surface area contributed by atoms with E-state index < -0.39 is 5.91 Å². The normalized spacial score (nSPS) is 11.5. The molecule has 3 aromatic carbocycles. The van der Waals surface area contributed by atoms with E-state index in [4.69, 9.17) is 9.72 Å². The fourth-order valence-electron chi connectivity index (χ4n) is 4.11. The Morgan fingerprint density at radius 3 is 2.53 bits per heavy atom. The molecule has 168 valence electrons. The van der Waals surface area contributed by atoms with Gasteiger partial charge in [0.2, 0.25) is 5.88 Å². The number of ether oxygens (including phenoxy) is 1. The van der Waals surface area contributed by atoms with E-state index >= 15 is 0 Å². The molecule has 1 N–H and O–H groups in total. The van der Waals surface area contributed by atoms with Crippen LogP contribution in [0.1, 0.15) is 17.3 Å². The van der Waals surface area contributed by atoms with E-state index in [1.807, 2.05) is 73.7 Å². The first-order valence-electron chi connectivity index (χ1n) is 10.9. The van der Waals surface area contributed by atoms with E-state index in [2.05, 4.69) is 10.2 Å². The molecule has 0 unspecified atom stereocenters. The predicted octanol–water partition coefficient (Wildman–Crippen LogP) is 6.51. The lowest BCUT2D eigenvalue weighted by Crippen LogP contribution is -1.98. The van der Waals surface area contributed by atoms with Gasteiger partial charge in [0, 0.05) is 22.9 Å². The second kappa shape index (κ2) is 8.78. The zero-order valence-electron chi connectivity index (χ0n) is 18.8. The van der Waals surface area contributed by atoms with Gasteiger partial charge in [0.1, 0.15) is 5.75 Å². The minimum absolute atomic E-state index is 0.0492. The zero-order valence-corrected chi connectivity index (χ0v) is 18.8. The maximum atomic E-state index is 13.3. The lowest BCUT2D eigenvalue weighted by Gasteiger charge is -2.07. The largest absolute Gasteiger partial charge is 0.497 e. The van der Waals surface area contributed by atoms with Crippen molar-refractivity contribution in [1.29, 1.82) is 0 Å². The van der Waals surface area contributed by atoms with Gasteiger partial charge >= 0.3 is 0 Å². The van der Waals surface area contributed by atoms with Crippen LogP contribution in [0.15, 0.2) is 89.1 Å². The fourth-order valence-corrected chi connectivity index (χ4v) is 4.11. The van der Waals surface area contributed by atoms with E-state index in [0.717, 1.165) is 11.1 Å². The first-order valence-corrected chi connectivity index (χ1v) is 10.9. The maximum absolute atomic E-state index is 13.3. The van der Waals surface area contributed by atoms with Gasteiger partial charge in [-0.05, 0) is 37.3 Å². The second-order valence-electron chi connectivity index (χ2n) is 7.74. The van der Waals surface area contributed by atoms with E-state index in [1.54, 1.807) is 23.8 Å². The van der Waals surface area contributed by atoms with Crippen molar-refractivity contribution in [2.75, 3.05) is 7.11 Å². The Morgan fingerprint density at radius 2 is 1.76 bits per heavy atom. The molecule has 0 spiro atoms. The lowest BCUT2D eigenvalue weighted by molar-refractivity contribution is 0.0996. The van der Waals surface area contributed by atoms with Crippen LogP contribution < -0.4 is 4.74 Å². The molecular weight excluding hydrogens is 428 g/mol. The summed E-state index contributed by atoms with van der Waals surface area (Å²) in [6.45, 7) is 2.46. The molecule has 0 fully saturated rings. The number of hydrogen-bond acceptors (Lipinski definition) is 5. The maximum Gasteiger partial charge on any atom is 0.296 e. The third kappa shape index (κ3) is 3.67. The molecule has 0 atom stereocenters. The second-order valence-corrected chi connectivity index (χ2v) is 7.74. The number of carbonyl (C=O) groups is 1. The Bertz CT molecular complexity index is 1560. The van der Waals surface area contributed by atoms with E-state index in [9.17, 15) is 9.90 Å². The van der Waals surface area contributed by atoms with Crippen LogP contribution >= 0.6 is 0 Å². The molecule has 0 aliphatic heterocycles. The third-order valence-electron chi connectivity index (χ3n) is 5.79. The first kappa shape index (κ1) is 21.3. The van der Waals surface area contributed by atoms with Crippen molar-refractivity contribution < 1.29 is 14.6 Å². The summed E-state index contributed by atoms with van der Waals surface area (Å²) in [7, 11) is 1.57. The van der Waals surface area contributed by atoms with E-state index in [-0.39, 0.29) is 11.6 Å². The summed E-state index contributed by atoms with van der Waals surface area (Å²) in [4.78, 5) is 18.0. The van der Waals surface area contributed by atoms with Gasteiger partial charge in [-0.25, -0.2) is 4.98 Å². The molecule has 2 heterocycles. The predicted molar refractivity (Wildman–Crippen MR) is 132 cm³/mol. The summed E-state index contributed by atoms with van der Waals surface area (Å²) in [6, 6.07) is 24.3. The number of amides is 1. The van der Waals surface area contributed by atoms with Gasteiger partial charge in [0.25, 0.3) is 5.91 Å². The standard InChI is InChI=1S/C27H22N4O3/c1-3-31-24-14-13-18(34-2)15-21(24)25(27(31)33)29-30-26(32)20-16-23(17-9-5-4-6-10-17)28-22-12-8-7-11-19(20)22/h4-16,33H,3H2,1-2H3. The van der Waals surface area contributed by atoms with Crippen LogP contribution in [-0.2, 0) is 6.54 Å². The number of nitrogens with zero attached hydrogens (tertiary/aromatic N) is 4. The van der Waals surface area contributed by atoms with Gasteiger partial charge in [-0.3, -0.25) is 4.79 Å². The number of hydrogen-bond donors (Lipinski definition) is 1. The zero-order chi connectivity index (χ0) is 23.7. The number of aryl methyl sites for hydroxylation is 1. The van der Waals surface area contributed by atoms with Gasteiger partial charge in [0.05, 0.1) is 29.4 Å². The molecule has 7 nitrogen and oxygen atoms in total. The number of pyridine rings is 1. The number of azo groups is 1. The SMILES string of the molecule is CCn1c(O)c(N=NC(=O)c2cc(-c3ccccc3)nc3ccccc23)c2cc(OC)ccc21. The summed E-state index contributed by atoms with van der Waals surface area (Å²) < 4.78 is 7.03. The van der Waals surface area contributed by atoms with Crippen LogP contribution in [0.2, 0.25) is 0 Å². The van der Waals surface area contributed by atoms with Crippen molar-refractivity contribution in [3.05, 3.63) is 84.4 Å². The van der Waals surface area contributed by atoms with Gasteiger partial charge in [-0.15, -0.1) is 10.2 Å². The first-order chi connectivity index (χ1) is 16.6. The van der Waals surface area contributed by atoms with Crippen LogP contribution in [-0.4, -0.2) is 27.7 Å². The Kier molecular flexibility index (Phi) is 5.51. The topological polar surface area (TPSA) is 89.1 Å². The Balaban J connectivity index is 1.62. The molecule has 0 aliphatic rings. The number of fused-ring (bicyclic) bond motifs is 2. The van der Waals surface area contributed by atoms with Crippen molar-refractivity contribution in [2.45, 2.75) is 13.5 Å². The lowest BCUT2D eigenvalue weighted by atomic mass is 10.0. The number of methoxy groups -OCH3 is 1. The van der Waals surface area contributed by atoms with Crippen molar-refractivity contribution in [3.8, 4) is 22.9 Å². The number of rotatable bonds is 5.